The highest BCUT2D eigenvalue weighted by atomic mass is 127. The van der Waals surface area contributed by atoms with Crippen molar-refractivity contribution in [3.63, 3.8) is 0 Å². The zero-order valence-electron chi connectivity index (χ0n) is 10.5. The van der Waals surface area contributed by atoms with E-state index in [1.165, 1.54) is 6.42 Å². The maximum atomic E-state index is 4.22. The van der Waals surface area contributed by atoms with Crippen molar-refractivity contribution in [2.75, 3.05) is 13.6 Å². The summed E-state index contributed by atoms with van der Waals surface area (Å²) in [6, 6.07) is 0.537. The zero-order valence-corrected chi connectivity index (χ0v) is 12.8. The monoisotopic (exact) mass is 337 g/mol. The molecule has 0 radical (unpaired) electrons. The van der Waals surface area contributed by atoms with Gasteiger partial charge in [0.2, 0.25) is 0 Å². The Morgan fingerprint density at radius 2 is 2.00 bits per heavy atom. The first-order valence-corrected chi connectivity index (χ1v) is 5.84. The number of halogens is 1. The molecule has 0 aromatic carbocycles. The summed E-state index contributed by atoms with van der Waals surface area (Å²) in [5, 5.41) is 6.75. The first-order chi connectivity index (χ1) is 7.22. The normalized spacial score (nSPS) is 16.4. The number of aliphatic imine (C=N–C) groups is 1. The Labute approximate surface area is 116 Å². The molecule has 0 aromatic rings. The number of rotatable bonds is 4. The smallest absolute Gasteiger partial charge is 0.191 e. The molecule has 0 fully saturated rings. The van der Waals surface area contributed by atoms with Gasteiger partial charge in [-0.15, -0.1) is 24.0 Å². The van der Waals surface area contributed by atoms with Gasteiger partial charge in [0, 0.05) is 19.6 Å². The third-order valence-corrected chi connectivity index (χ3v) is 2.59. The molecule has 2 N–H and O–H groups in total. The largest absolute Gasteiger partial charge is 0.356 e. The zero-order chi connectivity index (χ0) is 11.1. The SMILES string of the molecule is CN=C(NCCC(C)C)NC1CC=CC1.I. The van der Waals surface area contributed by atoms with E-state index in [0.717, 1.165) is 31.3 Å². The molecule has 1 rings (SSSR count). The summed E-state index contributed by atoms with van der Waals surface area (Å²) >= 11 is 0. The number of hydrogen-bond donors (Lipinski definition) is 2. The Bertz CT molecular complexity index is 228. The number of nitrogens with zero attached hydrogens (tertiary/aromatic N) is 1. The quantitative estimate of drug-likeness (QED) is 0.358. The molecular weight excluding hydrogens is 313 g/mol. The summed E-state index contributed by atoms with van der Waals surface area (Å²) < 4.78 is 0. The van der Waals surface area contributed by atoms with Crippen molar-refractivity contribution in [2.24, 2.45) is 10.9 Å². The topological polar surface area (TPSA) is 36.4 Å². The molecule has 0 saturated carbocycles. The van der Waals surface area contributed by atoms with Crippen LogP contribution in [0.3, 0.4) is 0 Å². The summed E-state index contributed by atoms with van der Waals surface area (Å²) in [4.78, 5) is 4.22. The predicted octanol–water partition coefficient (Wildman–Crippen LogP) is 2.53. The van der Waals surface area contributed by atoms with Gasteiger partial charge in [0.15, 0.2) is 5.96 Å². The van der Waals surface area contributed by atoms with E-state index in [1.54, 1.807) is 0 Å². The molecule has 1 aliphatic rings. The van der Waals surface area contributed by atoms with Crippen LogP contribution in [0.4, 0.5) is 0 Å². The summed E-state index contributed by atoms with van der Waals surface area (Å²) in [5.41, 5.74) is 0. The maximum absolute atomic E-state index is 4.22. The van der Waals surface area contributed by atoms with Gasteiger partial charge in [-0.2, -0.15) is 0 Å². The Morgan fingerprint density at radius 1 is 1.38 bits per heavy atom. The van der Waals surface area contributed by atoms with E-state index in [-0.39, 0.29) is 24.0 Å². The number of guanidine groups is 1. The average Bonchev–Trinajstić information content (AvgIpc) is 2.68. The van der Waals surface area contributed by atoms with Gasteiger partial charge in [0.05, 0.1) is 0 Å². The van der Waals surface area contributed by atoms with Gasteiger partial charge in [-0.05, 0) is 25.2 Å². The van der Waals surface area contributed by atoms with Crippen molar-refractivity contribution in [3.8, 4) is 0 Å². The van der Waals surface area contributed by atoms with Gasteiger partial charge in [-0.3, -0.25) is 4.99 Å². The Hall–Kier alpha value is -0.260. The molecule has 0 aromatic heterocycles. The van der Waals surface area contributed by atoms with Crippen molar-refractivity contribution >= 4 is 29.9 Å². The van der Waals surface area contributed by atoms with Crippen LogP contribution in [0.2, 0.25) is 0 Å². The van der Waals surface area contributed by atoms with Crippen LogP contribution in [0.5, 0.6) is 0 Å². The molecule has 0 aliphatic heterocycles. The molecule has 4 heteroatoms. The van der Waals surface area contributed by atoms with Crippen molar-refractivity contribution < 1.29 is 0 Å². The molecule has 94 valence electrons. The summed E-state index contributed by atoms with van der Waals surface area (Å²) in [6.07, 6.45) is 7.86. The molecule has 0 heterocycles. The Morgan fingerprint density at radius 3 is 2.50 bits per heavy atom. The second kappa shape index (κ2) is 8.84. The van der Waals surface area contributed by atoms with E-state index in [1.807, 2.05) is 7.05 Å². The van der Waals surface area contributed by atoms with Gasteiger partial charge in [0.1, 0.15) is 0 Å². The van der Waals surface area contributed by atoms with Gasteiger partial charge < -0.3 is 10.6 Å². The Balaban J connectivity index is 0.00000225. The van der Waals surface area contributed by atoms with Crippen LogP contribution in [0, 0.1) is 5.92 Å². The second-order valence-electron chi connectivity index (χ2n) is 4.47. The van der Waals surface area contributed by atoms with E-state index >= 15 is 0 Å². The molecule has 0 bridgehead atoms. The summed E-state index contributed by atoms with van der Waals surface area (Å²) in [7, 11) is 1.83. The van der Waals surface area contributed by atoms with Crippen molar-refractivity contribution in [1.29, 1.82) is 0 Å². The minimum absolute atomic E-state index is 0. The molecule has 1 aliphatic carbocycles. The molecule has 0 unspecified atom stereocenters. The lowest BCUT2D eigenvalue weighted by Crippen LogP contribution is -2.42. The highest BCUT2D eigenvalue weighted by molar-refractivity contribution is 14.0. The first-order valence-electron chi connectivity index (χ1n) is 5.84. The first kappa shape index (κ1) is 15.7. The van der Waals surface area contributed by atoms with Gasteiger partial charge >= 0.3 is 0 Å². The fourth-order valence-electron chi connectivity index (χ4n) is 1.60. The van der Waals surface area contributed by atoms with Crippen LogP contribution in [0.1, 0.15) is 33.1 Å². The molecule has 0 saturated heterocycles. The van der Waals surface area contributed by atoms with Gasteiger partial charge in [-0.1, -0.05) is 26.0 Å². The molecule has 0 spiro atoms. The third-order valence-electron chi connectivity index (χ3n) is 2.59. The van der Waals surface area contributed by atoms with Crippen LogP contribution >= 0.6 is 24.0 Å². The second-order valence-corrected chi connectivity index (χ2v) is 4.47. The van der Waals surface area contributed by atoms with Crippen molar-refractivity contribution in [2.45, 2.75) is 39.2 Å². The van der Waals surface area contributed by atoms with E-state index in [2.05, 4.69) is 41.6 Å². The van der Waals surface area contributed by atoms with E-state index in [0.29, 0.717) is 6.04 Å². The fraction of sp³-hybridized carbons (Fsp3) is 0.750. The van der Waals surface area contributed by atoms with Crippen LogP contribution < -0.4 is 10.6 Å². The maximum Gasteiger partial charge on any atom is 0.191 e. The highest BCUT2D eigenvalue weighted by Gasteiger charge is 2.11. The van der Waals surface area contributed by atoms with Crippen LogP contribution in [0.25, 0.3) is 0 Å². The van der Waals surface area contributed by atoms with Crippen LogP contribution in [0.15, 0.2) is 17.1 Å². The minimum atomic E-state index is 0. The van der Waals surface area contributed by atoms with Gasteiger partial charge in [0.25, 0.3) is 0 Å². The molecule has 0 atom stereocenters. The predicted molar refractivity (Wildman–Crippen MR) is 81.5 cm³/mol. The van der Waals surface area contributed by atoms with Crippen molar-refractivity contribution in [1.82, 2.24) is 10.6 Å². The van der Waals surface area contributed by atoms with Crippen molar-refractivity contribution in [3.05, 3.63) is 12.2 Å². The number of hydrogen-bond acceptors (Lipinski definition) is 1. The standard InChI is InChI=1S/C12H23N3.HI/c1-10(2)8-9-14-12(13-3)15-11-6-4-5-7-11;/h4-5,10-11H,6-9H2,1-3H3,(H2,13,14,15);1H. The van der Waals surface area contributed by atoms with E-state index < -0.39 is 0 Å². The minimum Gasteiger partial charge on any atom is -0.356 e. The average molecular weight is 337 g/mol. The molecule has 16 heavy (non-hydrogen) atoms. The summed E-state index contributed by atoms with van der Waals surface area (Å²) in [6.45, 7) is 5.47. The highest BCUT2D eigenvalue weighted by Crippen LogP contribution is 2.08. The van der Waals surface area contributed by atoms with E-state index in [9.17, 15) is 0 Å². The van der Waals surface area contributed by atoms with Crippen LogP contribution in [-0.2, 0) is 0 Å². The lowest BCUT2D eigenvalue weighted by molar-refractivity contribution is 0.565. The Kier molecular flexibility index (Phi) is 8.70. The molecule has 0 amide bonds. The fourth-order valence-corrected chi connectivity index (χ4v) is 1.60. The number of nitrogens with one attached hydrogen (secondary N) is 2. The van der Waals surface area contributed by atoms with Gasteiger partial charge in [-0.25, -0.2) is 0 Å². The summed E-state index contributed by atoms with van der Waals surface area (Å²) in [5.74, 6) is 1.67. The van der Waals surface area contributed by atoms with E-state index in [4.69, 9.17) is 0 Å². The third kappa shape index (κ3) is 6.35. The lowest BCUT2D eigenvalue weighted by atomic mass is 10.1. The van der Waals surface area contributed by atoms with Crippen LogP contribution in [-0.4, -0.2) is 25.6 Å². The lowest BCUT2D eigenvalue weighted by Gasteiger charge is -2.17. The molecular formula is C12H24IN3. The molecule has 3 nitrogen and oxygen atoms in total.